The molecule has 3 nitrogen and oxygen atoms in total. The fourth-order valence-electron chi connectivity index (χ4n) is 4.14. The van der Waals surface area contributed by atoms with Gasteiger partial charge in [0, 0.05) is 11.4 Å². The zero-order chi connectivity index (χ0) is 17.3. The van der Waals surface area contributed by atoms with E-state index >= 15 is 0 Å². The first-order valence-corrected chi connectivity index (χ1v) is 11.7. The Labute approximate surface area is 154 Å². The summed E-state index contributed by atoms with van der Waals surface area (Å²) in [5.74, 6) is 0. The van der Waals surface area contributed by atoms with Crippen molar-refractivity contribution in [2.24, 2.45) is 0 Å². The van der Waals surface area contributed by atoms with Gasteiger partial charge in [0.2, 0.25) is 10.0 Å². The van der Waals surface area contributed by atoms with Crippen molar-refractivity contribution in [2.45, 2.75) is 62.3 Å². The highest BCUT2D eigenvalue weighted by molar-refractivity contribution is 7.89. The summed E-state index contributed by atoms with van der Waals surface area (Å²) >= 11 is 1.67. The maximum absolute atomic E-state index is 13.5. The molecular weight excluding hydrogens is 350 g/mol. The monoisotopic (exact) mass is 375 g/mol. The molecule has 0 unspecified atom stereocenters. The highest BCUT2D eigenvalue weighted by Gasteiger charge is 2.34. The van der Waals surface area contributed by atoms with Crippen LogP contribution in [0.1, 0.15) is 60.6 Å². The summed E-state index contributed by atoms with van der Waals surface area (Å²) in [7, 11) is -3.45. The summed E-state index contributed by atoms with van der Waals surface area (Å²) in [6.45, 7) is 0.627. The van der Waals surface area contributed by atoms with Gasteiger partial charge in [-0.2, -0.15) is 4.31 Å². The number of aryl methyl sites for hydroxylation is 2. The molecule has 1 saturated heterocycles. The van der Waals surface area contributed by atoms with Gasteiger partial charge < -0.3 is 0 Å². The van der Waals surface area contributed by atoms with E-state index < -0.39 is 10.0 Å². The van der Waals surface area contributed by atoms with Crippen LogP contribution in [0.3, 0.4) is 0 Å². The zero-order valence-electron chi connectivity index (χ0n) is 14.5. The van der Waals surface area contributed by atoms with Crippen molar-refractivity contribution >= 4 is 21.4 Å². The molecular formula is C20H25NO2S2. The third-order valence-electron chi connectivity index (χ3n) is 5.50. The van der Waals surface area contributed by atoms with E-state index in [1.54, 1.807) is 15.6 Å². The summed E-state index contributed by atoms with van der Waals surface area (Å²) < 4.78 is 28.7. The van der Waals surface area contributed by atoms with Gasteiger partial charge in [0.15, 0.2) is 0 Å². The average Bonchev–Trinajstić information content (AvgIpc) is 3.05. The third-order valence-corrected chi connectivity index (χ3v) is 8.38. The lowest BCUT2D eigenvalue weighted by atomic mass is 9.92. The normalized spacial score (nSPS) is 22.3. The molecule has 0 radical (unpaired) electrons. The van der Waals surface area contributed by atoms with Crippen LogP contribution in [-0.4, -0.2) is 19.3 Å². The van der Waals surface area contributed by atoms with E-state index in [1.165, 1.54) is 22.4 Å². The Morgan fingerprint density at radius 2 is 1.80 bits per heavy atom. The van der Waals surface area contributed by atoms with Crippen LogP contribution < -0.4 is 0 Å². The van der Waals surface area contributed by atoms with Crippen molar-refractivity contribution < 1.29 is 8.42 Å². The first-order valence-electron chi connectivity index (χ1n) is 9.33. The molecule has 2 heterocycles. The number of hydrogen-bond acceptors (Lipinski definition) is 3. The summed E-state index contributed by atoms with van der Waals surface area (Å²) in [6, 6.07) is 9.91. The molecule has 1 aliphatic carbocycles. The maximum atomic E-state index is 13.5. The predicted octanol–water partition coefficient (Wildman–Crippen LogP) is 4.93. The minimum atomic E-state index is -3.45. The highest BCUT2D eigenvalue weighted by Crippen LogP contribution is 2.37. The molecule has 0 saturated carbocycles. The number of sulfonamides is 1. The number of hydrogen-bond donors (Lipinski definition) is 0. The van der Waals surface area contributed by atoms with E-state index in [4.69, 9.17) is 0 Å². The molecule has 0 spiro atoms. The van der Waals surface area contributed by atoms with Gasteiger partial charge in [-0.05, 0) is 73.2 Å². The number of rotatable bonds is 3. The molecule has 1 aromatic heterocycles. The Bertz CT molecular complexity index is 827. The van der Waals surface area contributed by atoms with Crippen LogP contribution >= 0.6 is 11.3 Å². The third kappa shape index (κ3) is 3.42. The quantitative estimate of drug-likeness (QED) is 0.762. The van der Waals surface area contributed by atoms with Gasteiger partial charge >= 0.3 is 0 Å². The topological polar surface area (TPSA) is 37.4 Å². The molecule has 4 rings (SSSR count). The van der Waals surface area contributed by atoms with Crippen LogP contribution in [0.5, 0.6) is 0 Å². The Morgan fingerprint density at radius 1 is 0.960 bits per heavy atom. The standard InChI is InChI=1S/C20H25NO2S2/c22-25(23,18-12-11-16-7-3-4-8-17(16)15-18)21-13-5-1-2-9-19(21)20-10-6-14-24-20/h6,10-12,14-15,19H,1-5,7-9,13H2/t19-/m0/s1. The van der Waals surface area contributed by atoms with E-state index in [0.29, 0.717) is 11.4 Å². The van der Waals surface area contributed by atoms with Crippen LogP contribution in [0.4, 0.5) is 0 Å². The Hall–Kier alpha value is -1.17. The molecule has 0 amide bonds. The largest absolute Gasteiger partial charge is 0.243 e. The Balaban J connectivity index is 1.72. The van der Waals surface area contributed by atoms with Crippen molar-refractivity contribution in [3.8, 4) is 0 Å². The smallest absolute Gasteiger partial charge is 0.207 e. The predicted molar refractivity (Wildman–Crippen MR) is 103 cm³/mol. The lowest BCUT2D eigenvalue weighted by molar-refractivity contribution is 0.333. The number of benzene rings is 1. The van der Waals surface area contributed by atoms with E-state index in [-0.39, 0.29) is 6.04 Å². The van der Waals surface area contributed by atoms with Crippen molar-refractivity contribution in [1.29, 1.82) is 0 Å². The number of fused-ring (bicyclic) bond motifs is 1. The minimum absolute atomic E-state index is 0.0106. The van der Waals surface area contributed by atoms with Gasteiger partial charge in [-0.25, -0.2) is 8.42 Å². The SMILES string of the molecule is O=S(=O)(c1ccc2c(c1)CCCC2)N1CCCCC[C@H]1c1cccs1. The second-order valence-corrected chi connectivity index (χ2v) is 10.0. The zero-order valence-corrected chi connectivity index (χ0v) is 16.1. The number of thiophene rings is 1. The van der Waals surface area contributed by atoms with E-state index in [1.807, 2.05) is 29.6 Å². The Morgan fingerprint density at radius 3 is 2.60 bits per heavy atom. The molecule has 2 aromatic rings. The fraction of sp³-hybridized carbons (Fsp3) is 0.500. The highest BCUT2D eigenvalue weighted by atomic mass is 32.2. The van der Waals surface area contributed by atoms with Crippen LogP contribution in [0.2, 0.25) is 0 Å². The van der Waals surface area contributed by atoms with Gasteiger partial charge in [0.25, 0.3) is 0 Å². The first-order chi connectivity index (χ1) is 12.2. The molecule has 5 heteroatoms. The van der Waals surface area contributed by atoms with Crippen molar-refractivity contribution in [3.63, 3.8) is 0 Å². The van der Waals surface area contributed by atoms with Crippen molar-refractivity contribution in [2.75, 3.05) is 6.54 Å². The fourth-order valence-corrected chi connectivity index (χ4v) is 6.81. The van der Waals surface area contributed by atoms with Gasteiger partial charge in [0.1, 0.15) is 0 Å². The Kier molecular flexibility index (Phi) is 4.98. The van der Waals surface area contributed by atoms with E-state index in [9.17, 15) is 8.42 Å². The van der Waals surface area contributed by atoms with Crippen molar-refractivity contribution in [3.05, 3.63) is 51.7 Å². The maximum Gasteiger partial charge on any atom is 0.243 e. The molecule has 1 aliphatic heterocycles. The second kappa shape index (κ2) is 7.22. The number of nitrogens with zero attached hydrogens (tertiary/aromatic N) is 1. The van der Waals surface area contributed by atoms with Gasteiger partial charge in [-0.3, -0.25) is 0 Å². The molecule has 25 heavy (non-hydrogen) atoms. The van der Waals surface area contributed by atoms with Gasteiger partial charge in [-0.15, -0.1) is 11.3 Å². The lowest BCUT2D eigenvalue weighted by Gasteiger charge is -2.29. The van der Waals surface area contributed by atoms with Crippen molar-refractivity contribution in [1.82, 2.24) is 4.31 Å². The summed E-state index contributed by atoms with van der Waals surface area (Å²) in [5.41, 5.74) is 2.56. The summed E-state index contributed by atoms with van der Waals surface area (Å²) in [6.07, 6.45) is 8.54. The van der Waals surface area contributed by atoms with Crippen LogP contribution in [0.25, 0.3) is 0 Å². The van der Waals surface area contributed by atoms with Crippen LogP contribution in [0, 0.1) is 0 Å². The second-order valence-electron chi connectivity index (χ2n) is 7.13. The molecule has 134 valence electrons. The van der Waals surface area contributed by atoms with E-state index in [0.717, 1.165) is 44.9 Å². The summed E-state index contributed by atoms with van der Waals surface area (Å²) in [4.78, 5) is 1.65. The van der Waals surface area contributed by atoms with Gasteiger partial charge in [-0.1, -0.05) is 25.0 Å². The van der Waals surface area contributed by atoms with Crippen LogP contribution in [-0.2, 0) is 22.9 Å². The lowest BCUT2D eigenvalue weighted by Crippen LogP contribution is -2.34. The van der Waals surface area contributed by atoms with Gasteiger partial charge in [0.05, 0.1) is 10.9 Å². The molecule has 0 bridgehead atoms. The molecule has 2 aliphatic rings. The van der Waals surface area contributed by atoms with E-state index in [2.05, 4.69) is 6.07 Å². The minimum Gasteiger partial charge on any atom is -0.207 e. The molecule has 1 aromatic carbocycles. The van der Waals surface area contributed by atoms with Crippen LogP contribution in [0.15, 0.2) is 40.6 Å². The first kappa shape index (κ1) is 17.3. The average molecular weight is 376 g/mol. The molecule has 1 atom stereocenters. The molecule has 1 fully saturated rings. The summed E-state index contributed by atoms with van der Waals surface area (Å²) in [5, 5.41) is 2.05. The molecule has 0 N–H and O–H groups in total.